The number of hydrogen-bond acceptors (Lipinski definition) is 5. The zero-order valence-electron chi connectivity index (χ0n) is 56.7. The summed E-state index contributed by atoms with van der Waals surface area (Å²) >= 11 is 0. The van der Waals surface area contributed by atoms with E-state index in [9.17, 15) is 19.8 Å². The third-order valence-electron chi connectivity index (χ3n) is 18.3. The largest absolute Gasteiger partial charge is 0.466 e. The average Bonchev–Trinajstić information content (AvgIpc) is 3.49. The van der Waals surface area contributed by atoms with Crippen LogP contribution in [0.1, 0.15) is 444 Å². The van der Waals surface area contributed by atoms with Gasteiger partial charge in [0.25, 0.3) is 0 Å². The van der Waals surface area contributed by atoms with Crippen LogP contribution in [0.25, 0.3) is 0 Å². The first-order valence-electron chi connectivity index (χ1n) is 38.5. The van der Waals surface area contributed by atoms with Gasteiger partial charge in [-0.2, -0.15) is 0 Å². The zero-order chi connectivity index (χ0) is 59.9. The maximum absolute atomic E-state index is 12.5. The number of unbranched alkanes of at least 4 members (excludes halogenated alkanes) is 62. The molecular weight excluding hydrogens is 1020 g/mol. The van der Waals surface area contributed by atoms with Crippen LogP contribution in [0, 0.1) is 0 Å². The molecule has 1 amide bonds. The molecule has 0 aliphatic rings. The smallest absolute Gasteiger partial charge is 0.305 e. The number of esters is 1. The van der Waals surface area contributed by atoms with Gasteiger partial charge in [-0.3, -0.25) is 9.59 Å². The standard InChI is InChI=1S/C77H151NO5/c1-3-5-7-9-11-13-15-17-19-20-21-32-35-38-42-45-49-53-57-61-65-69-75(80)74(73-79)78-76(81)70-66-62-58-54-50-46-43-39-36-33-30-28-26-24-22-23-25-27-29-31-34-37-40-44-48-52-56-60-64-68-72-83-77(82)71-67-63-59-55-51-47-41-18-16-14-12-10-8-6-4-2/h65,69,74-75,79-80H,3-64,66-68,70-73H2,1-2H3,(H,78,81)/b69-65+. The summed E-state index contributed by atoms with van der Waals surface area (Å²) in [5.41, 5.74) is 0. The average molecular weight is 1170 g/mol. The van der Waals surface area contributed by atoms with Crippen molar-refractivity contribution in [2.75, 3.05) is 13.2 Å². The van der Waals surface area contributed by atoms with Crippen LogP contribution >= 0.6 is 0 Å². The van der Waals surface area contributed by atoms with Crippen molar-refractivity contribution in [1.29, 1.82) is 0 Å². The number of nitrogens with one attached hydrogen (secondary N) is 1. The summed E-state index contributed by atoms with van der Waals surface area (Å²) in [6, 6.07) is -0.625. The third-order valence-corrected chi connectivity index (χ3v) is 18.3. The number of aliphatic hydroxyl groups excluding tert-OH is 2. The van der Waals surface area contributed by atoms with Crippen molar-refractivity contribution < 1.29 is 24.5 Å². The Morgan fingerprint density at radius 3 is 0.819 bits per heavy atom. The minimum atomic E-state index is -0.842. The number of hydrogen-bond donors (Lipinski definition) is 3. The number of carbonyl (C=O) groups excluding carboxylic acids is 2. The van der Waals surface area contributed by atoms with Gasteiger partial charge in [0.15, 0.2) is 0 Å². The molecule has 2 atom stereocenters. The van der Waals surface area contributed by atoms with E-state index in [1.807, 2.05) is 6.08 Å². The van der Waals surface area contributed by atoms with E-state index in [-0.39, 0.29) is 18.5 Å². The molecule has 0 radical (unpaired) electrons. The lowest BCUT2D eigenvalue weighted by molar-refractivity contribution is -0.143. The summed E-state index contributed by atoms with van der Waals surface area (Å²) < 4.78 is 5.51. The first kappa shape index (κ1) is 81.6. The molecule has 2 unspecified atom stereocenters. The molecule has 494 valence electrons. The van der Waals surface area contributed by atoms with Crippen LogP contribution in [0.2, 0.25) is 0 Å². The van der Waals surface area contributed by atoms with E-state index in [0.717, 1.165) is 38.5 Å². The van der Waals surface area contributed by atoms with Gasteiger partial charge in [0, 0.05) is 12.8 Å². The second kappa shape index (κ2) is 73.1. The first-order valence-corrected chi connectivity index (χ1v) is 38.5. The fraction of sp³-hybridized carbons (Fsp3) is 0.948. The van der Waals surface area contributed by atoms with E-state index in [4.69, 9.17) is 4.74 Å². The van der Waals surface area contributed by atoms with Crippen LogP contribution in [0.4, 0.5) is 0 Å². The zero-order valence-corrected chi connectivity index (χ0v) is 56.7. The molecule has 3 N–H and O–H groups in total. The molecule has 0 aliphatic heterocycles. The van der Waals surface area contributed by atoms with Gasteiger partial charge in [-0.05, 0) is 32.1 Å². The van der Waals surface area contributed by atoms with Crippen molar-refractivity contribution in [3.05, 3.63) is 12.2 Å². The number of amides is 1. The molecule has 0 aromatic carbocycles. The Hall–Kier alpha value is -1.40. The fourth-order valence-corrected chi connectivity index (χ4v) is 12.5. The Labute approximate surface area is 520 Å². The molecule has 0 rings (SSSR count). The highest BCUT2D eigenvalue weighted by atomic mass is 16.5. The van der Waals surface area contributed by atoms with Crippen molar-refractivity contribution in [3.63, 3.8) is 0 Å². The number of ether oxygens (including phenoxy) is 1. The Balaban J connectivity index is 3.35. The van der Waals surface area contributed by atoms with Crippen LogP contribution in [-0.2, 0) is 14.3 Å². The summed E-state index contributed by atoms with van der Waals surface area (Å²) in [7, 11) is 0. The molecule has 0 aliphatic carbocycles. The fourth-order valence-electron chi connectivity index (χ4n) is 12.5. The molecule has 0 fully saturated rings. The predicted octanol–water partition coefficient (Wildman–Crippen LogP) is 25.1. The number of rotatable bonds is 73. The van der Waals surface area contributed by atoms with Crippen LogP contribution in [0.5, 0.6) is 0 Å². The van der Waals surface area contributed by atoms with E-state index >= 15 is 0 Å². The van der Waals surface area contributed by atoms with Crippen LogP contribution in [0.3, 0.4) is 0 Å². The number of allylic oxidation sites excluding steroid dienone is 1. The van der Waals surface area contributed by atoms with Gasteiger partial charge in [-0.25, -0.2) is 0 Å². The molecule has 0 heterocycles. The monoisotopic (exact) mass is 1170 g/mol. The summed E-state index contributed by atoms with van der Waals surface area (Å²) in [4.78, 5) is 24.6. The van der Waals surface area contributed by atoms with Crippen molar-refractivity contribution in [2.45, 2.75) is 456 Å². The first-order chi connectivity index (χ1) is 41.0. The second-order valence-electron chi connectivity index (χ2n) is 26.7. The highest BCUT2D eigenvalue weighted by Crippen LogP contribution is 2.20. The van der Waals surface area contributed by atoms with Gasteiger partial charge < -0.3 is 20.3 Å². The summed E-state index contributed by atoms with van der Waals surface area (Å²) in [6.45, 7) is 4.96. The molecule has 0 aromatic heterocycles. The van der Waals surface area contributed by atoms with Crippen molar-refractivity contribution in [1.82, 2.24) is 5.32 Å². The topological polar surface area (TPSA) is 95.9 Å². The van der Waals surface area contributed by atoms with Crippen LogP contribution < -0.4 is 5.32 Å². The van der Waals surface area contributed by atoms with Gasteiger partial charge in [0.05, 0.1) is 25.4 Å². The Morgan fingerprint density at radius 1 is 0.325 bits per heavy atom. The SMILES string of the molecule is CCCCCCCCCCCCCCCCCCCCC/C=C/C(O)C(CO)NC(=O)CCCCCCCCCCCCCCCCCCCCCCCCCCCCCCCCOC(=O)CCCCCCCCCCCCCCCCC. The highest BCUT2D eigenvalue weighted by molar-refractivity contribution is 5.76. The van der Waals surface area contributed by atoms with E-state index in [0.29, 0.717) is 19.4 Å². The maximum atomic E-state index is 12.5. The lowest BCUT2D eigenvalue weighted by atomic mass is 10.0. The molecular formula is C77H151NO5. The molecule has 0 spiro atoms. The van der Waals surface area contributed by atoms with Gasteiger partial charge in [-0.15, -0.1) is 0 Å². The molecule has 0 bridgehead atoms. The number of aliphatic hydroxyl groups is 2. The normalized spacial score (nSPS) is 12.5. The molecule has 6 nitrogen and oxygen atoms in total. The van der Waals surface area contributed by atoms with Crippen molar-refractivity contribution in [2.24, 2.45) is 0 Å². The molecule has 6 heteroatoms. The van der Waals surface area contributed by atoms with Crippen molar-refractivity contribution in [3.8, 4) is 0 Å². The van der Waals surface area contributed by atoms with E-state index in [2.05, 4.69) is 19.2 Å². The molecule has 0 saturated heterocycles. The summed E-state index contributed by atoms with van der Waals surface area (Å²) in [5, 5.41) is 23.3. The second-order valence-corrected chi connectivity index (χ2v) is 26.7. The lowest BCUT2D eigenvalue weighted by Crippen LogP contribution is -2.45. The minimum absolute atomic E-state index is 0.0239. The van der Waals surface area contributed by atoms with E-state index < -0.39 is 12.1 Å². The number of carbonyl (C=O) groups is 2. The molecule has 0 aromatic rings. The Morgan fingerprint density at radius 2 is 0.554 bits per heavy atom. The lowest BCUT2D eigenvalue weighted by Gasteiger charge is -2.20. The quantitative estimate of drug-likeness (QED) is 0.0320. The maximum Gasteiger partial charge on any atom is 0.305 e. The van der Waals surface area contributed by atoms with Gasteiger partial charge in [0.2, 0.25) is 5.91 Å². The summed E-state index contributed by atoms with van der Waals surface area (Å²) in [5.74, 6) is -0.0351. The van der Waals surface area contributed by atoms with Crippen molar-refractivity contribution >= 4 is 11.9 Å². The van der Waals surface area contributed by atoms with Crippen LogP contribution in [0.15, 0.2) is 12.2 Å². The van der Waals surface area contributed by atoms with Gasteiger partial charge in [0.1, 0.15) is 0 Å². The van der Waals surface area contributed by atoms with Gasteiger partial charge in [-0.1, -0.05) is 411 Å². The van der Waals surface area contributed by atoms with Crippen LogP contribution in [-0.4, -0.2) is 47.4 Å². The third kappa shape index (κ3) is 69.6. The highest BCUT2D eigenvalue weighted by Gasteiger charge is 2.18. The predicted molar refractivity (Wildman–Crippen MR) is 366 cm³/mol. The summed E-state index contributed by atoms with van der Waals surface area (Å²) in [6.07, 6.45) is 91.8. The molecule has 0 saturated carbocycles. The van der Waals surface area contributed by atoms with E-state index in [1.165, 1.54) is 379 Å². The Kier molecular flexibility index (Phi) is 71.8. The van der Waals surface area contributed by atoms with Gasteiger partial charge >= 0.3 is 5.97 Å². The van der Waals surface area contributed by atoms with E-state index in [1.54, 1.807) is 6.08 Å². The minimum Gasteiger partial charge on any atom is -0.466 e. The Bertz CT molecular complexity index is 1260. The molecule has 83 heavy (non-hydrogen) atoms.